The molecule has 0 bridgehead atoms. The molecule has 2 aromatic rings. The number of anilines is 1. The molecule has 1 heterocycles. The maximum atomic E-state index is 12.5. The van der Waals surface area contributed by atoms with Gasteiger partial charge < -0.3 is 10.6 Å². The van der Waals surface area contributed by atoms with Crippen molar-refractivity contribution in [2.24, 2.45) is 0 Å². The molecule has 3 rings (SSSR count). The highest BCUT2D eigenvalue weighted by atomic mass is 16.2. The molecule has 1 aliphatic rings. The van der Waals surface area contributed by atoms with E-state index in [0.717, 1.165) is 32.7 Å². The van der Waals surface area contributed by atoms with Gasteiger partial charge in [-0.3, -0.25) is 9.69 Å². The lowest BCUT2D eigenvalue weighted by Gasteiger charge is -2.34. The SMILES string of the molecule is Nc1ccccc1C(=O)N1CCN(C/C=C/c2ccccc2)CC1. The summed E-state index contributed by atoms with van der Waals surface area (Å²) < 4.78 is 0. The van der Waals surface area contributed by atoms with Crippen LogP contribution in [0.15, 0.2) is 60.7 Å². The third kappa shape index (κ3) is 4.03. The van der Waals surface area contributed by atoms with Crippen molar-refractivity contribution in [3.05, 3.63) is 71.8 Å². The summed E-state index contributed by atoms with van der Waals surface area (Å²) in [6.45, 7) is 4.16. The number of carbonyl (C=O) groups excluding carboxylic acids is 1. The molecule has 2 N–H and O–H groups in total. The normalized spacial score (nSPS) is 15.8. The summed E-state index contributed by atoms with van der Waals surface area (Å²) in [7, 11) is 0. The lowest BCUT2D eigenvalue weighted by atomic mass is 10.1. The summed E-state index contributed by atoms with van der Waals surface area (Å²) in [5.74, 6) is 0.0348. The summed E-state index contributed by atoms with van der Waals surface area (Å²) >= 11 is 0. The monoisotopic (exact) mass is 321 g/mol. The molecule has 1 aliphatic heterocycles. The van der Waals surface area contributed by atoms with Crippen LogP contribution in [-0.4, -0.2) is 48.4 Å². The number of hydrogen-bond donors (Lipinski definition) is 1. The average Bonchev–Trinajstić information content (AvgIpc) is 2.63. The lowest BCUT2D eigenvalue weighted by molar-refractivity contribution is 0.0651. The Hall–Kier alpha value is -2.59. The van der Waals surface area contributed by atoms with Crippen molar-refractivity contribution in [1.29, 1.82) is 0 Å². The van der Waals surface area contributed by atoms with Gasteiger partial charge >= 0.3 is 0 Å². The van der Waals surface area contributed by atoms with Gasteiger partial charge in [-0.05, 0) is 17.7 Å². The molecule has 0 spiro atoms. The number of hydrogen-bond acceptors (Lipinski definition) is 3. The Morgan fingerprint density at radius 1 is 0.958 bits per heavy atom. The molecule has 4 heteroatoms. The zero-order chi connectivity index (χ0) is 16.8. The van der Waals surface area contributed by atoms with E-state index in [-0.39, 0.29) is 5.91 Å². The summed E-state index contributed by atoms with van der Waals surface area (Å²) in [5.41, 5.74) is 8.28. The topological polar surface area (TPSA) is 49.6 Å². The van der Waals surface area contributed by atoms with Crippen LogP contribution in [0.2, 0.25) is 0 Å². The van der Waals surface area contributed by atoms with Gasteiger partial charge in [0, 0.05) is 38.4 Å². The standard InChI is InChI=1S/C20H23N3O/c21-19-11-5-4-10-18(19)20(24)23-15-13-22(14-16-23)12-6-9-17-7-2-1-3-8-17/h1-11H,12-16,21H2/b9-6+. The number of nitrogens with two attached hydrogens (primary N) is 1. The predicted molar refractivity (Wildman–Crippen MR) is 98.7 cm³/mol. The second-order valence-electron chi connectivity index (χ2n) is 5.99. The van der Waals surface area contributed by atoms with E-state index in [1.165, 1.54) is 5.56 Å². The number of carbonyl (C=O) groups is 1. The molecule has 0 saturated carbocycles. The second-order valence-corrected chi connectivity index (χ2v) is 5.99. The van der Waals surface area contributed by atoms with Crippen molar-refractivity contribution in [2.45, 2.75) is 0 Å². The Kier molecular flexibility index (Phi) is 5.29. The molecule has 0 atom stereocenters. The molecular weight excluding hydrogens is 298 g/mol. The van der Waals surface area contributed by atoms with Crippen molar-refractivity contribution in [3.8, 4) is 0 Å². The van der Waals surface area contributed by atoms with Gasteiger partial charge in [-0.1, -0.05) is 54.6 Å². The summed E-state index contributed by atoms with van der Waals surface area (Å²) in [6, 6.07) is 17.6. The largest absolute Gasteiger partial charge is 0.398 e. The quantitative estimate of drug-likeness (QED) is 0.881. The van der Waals surface area contributed by atoms with Crippen molar-refractivity contribution < 1.29 is 4.79 Å². The average molecular weight is 321 g/mol. The molecule has 1 saturated heterocycles. The molecule has 0 radical (unpaired) electrons. The Morgan fingerprint density at radius 2 is 1.62 bits per heavy atom. The Morgan fingerprint density at radius 3 is 2.33 bits per heavy atom. The zero-order valence-corrected chi connectivity index (χ0v) is 13.8. The molecule has 24 heavy (non-hydrogen) atoms. The Labute approximate surface area is 143 Å². The number of para-hydroxylation sites is 1. The maximum Gasteiger partial charge on any atom is 0.256 e. The third-order valence-electron chi connectivity index (χ3n) is 4.32. The van der Waals surface area contributed by atoms with Crippen LogP contribution in [0, 0.1) is 0 Å². The van der Waals surface area contributed by atoms with Crippen molar-refractivity contribution in [2.75, 3.05) is 38.5 Å². The van der Waals surface area contributed by atoms with Crippen LogP contribution in [0.3, 0.4) is 0 Å². The van der Waals surface area contributed by atoms with Crippen molar-refractivity contribution >= 4 is 17.7 Å². The van der Waals surface area contributed by atoms with Gasteiger partial charge in [0.25, 0.3) is 5.91 Å². The van der Waals surface area contributed by atoms with Gasteiger partial charge in [0.2, 0.25) is 0 Å². The number of rotatable bonds is 4. The molecule has 1 fully saturated rings. The predicted octanol–water partition coefficient (Wildman–Crippen LogP) is 2.74. The van der Waals surface area contributed by atoms with Crippen LogP contribution in [0.5, 0.6) is 0 Å². The highest BCUT2D eigenvalue weighted by Gasteiger charge is 2.22. The van der Waals surface area contributed by atoms with E-state index < -0.39 is 0 Å². The third-order valence-corrected chi connectivity index (χ3v) is 4.32. The van der Waals surface area contributed by atoms with Crippen molar-refractivity contribution in [1.82, 2.24) is 9.80 Å². The van der Waals surface area contributed by atoms with Crippen molar-refractivity contribution in [3.63, 3.8) is 0 Å². The molecule has 2 aromatic carbocycles. The molecule has 0 aromatic heterocycles. The van der Waals surface area contributed by atoms with Gasteiger partial charge in [-0.15, -0.1) is 0 Å². The van der Waals surface area contributed by atoms with E-state index in [4.69, 9.17) is 5.73 Å². The van der Waals surface area contributed by atoms with Crippen LogP contribution in [-0.2, 0) is 0 Å². The molecule has 0 unspecified atom stereocenters. The van der Waals surface area contributed by atoms with Gasteiger partial charge in [-0.25, -0.2) is 0 Å². The minimum absolute atomic E-state index is 0.0348. The number of piperazine rings is 1. The molecular formula is C20H23N3O. The molecule has 1 amide bonds. The summed E-state index contributed by atoms with van der Waals surface area (Å²) in [6.07, 6.45) is 4.32. The fourth-order valence-corrected chi connectivity index (χ4v) is 2.90. The summed E-state index contributed by atoms with van der Waals surface area (Å²) in [5, 5.41) is 0. The minimum Gasteiger partial charge on any atom is -0.398 e. The van der Waals surface area contributed by atoms with E-state index in [0.29, 0.717) is 11.3 Å². The zero-order valence-electron chi connectivity index (χ0n) is 13.8. The van der Waals surface area contributed by atoms with Gasteiger partial charge in [0.05, 0.1) is 5.56 Å². The summed E-state index contributed by atoms with van der Waals surface area (Å²) in [4.78, 5) is 16.8. The Bertz CT molecular complexity index is 704. The van der Waals surface area contributed by atoms with Crippen LogP contribution in [0.4, 0.5) is 5.69 Å². The molecule has 4 nitrogen and oxygen atoms in total. The fraction of sp³-hybridized carbons (Fsp3) is 0.250. The molecule has 124 valence electrons. The number of benzene rings is 2. The van der Waals surface area contributed by atoms with E-state index in [1.807, 2.05) is 35.2 Å². The first-order valence-corrected chi connectivity index (χ1v) is 8.32. The van der Waals surface area contributed by atoms with Gasteiger partial charge in [0.1, 0.15) is 0 Å². The van der Waals surface area contributed by atoms with Crippen LogP contribution in [0.25, 0.3) is 6.08 Å². The fourth-order valence-electron chi connectivity index (χ4n) is 2.90. The van der Waals surface area contributed by atoms with Crippen LogP contribution < -0.4 is 5.73 Å². The second kappa shape index (κ2) is 7.79. The molecule has 0 aliphatic carbocycles. The highest BCUT2D eigenvalue weighted by molar-refractivity contribution is 5.99. The van der Waals surface area contributed by atoms with E-state index >= 15 is 0 Å². The van der Waals surface area contributed by atoms with E-state index in [9.17, 15) is 4.79 Å². The first kappa shape index (κ1) is 16.3. The smallest absolute Gasteiger partial charge is 0.256 e. The first-order valence-electron chi connectivity index (χ1n) is 8.32. The highest BCUT2D eigenvalue weighted by Crippen LogP contribution is 2.15. The van der Waals surface area contributed by atoms with E-state index in [2.05, 4.69) is 29.2 Å². The number of nitrogens with zero attached hydrogens (tertiary/aromatic N) is 2. The lowest BCUT2D eigenvalue weighted by Crippen LogP contribution is -2.48. The first-order chi connectivity index (χ1) is 11.7. The Balaban J connectivity index is 1.50. The maximum absolute atomic E-state index is 12.5. The number of amides is 1. The van der Waals surface area contributed by atoms with E-state index in [1.54, 1.807) is 12.1 Å². The van der Waals surface area contributed by atoms with Gasteiger partial charge in [-0.2, -0.15) is 0 Å². The van der Waals surface area contributed by atoms with Gasteiger partial charge in [0.15, 0.2) is 0 Å². The number of nitrogen functional groups attached to an aromatic ring is 1. The minimum atomic E-state index is 0.0348. The van der Waals surface area contributed by atoms with Crippen LogP contribution in [0.1, 0.15) is 15.9 Å². The van der Waals surface area contributed by atoms with Crippen LogP contribution >= 0.6 is 0 Å².